The van der Waals surface area contributed by atoms with E-state index in [9.17, 15) is 4.79 Å². The Labute approximate surface area is 133 Å². The smallest absolute Gasteiger partial charge is 0.350 e. The number of aryl methyl sites for hydroxylation is 2. The molecule has 0 N–H and O–H groups in total. The molecule has 116 valence electrons. The van der Waals surface area contributed by atoms with Gasteiger partial charge in [-0.05, 0) is 38.8 Å². The highest BCUT2D eigenvalue weighted by atomic mass is 32.1. The summed E-state index contributed by atoms with van der Waals surface area (Å²) in [6.45, 7) is 5.01. The normalized spacial score (nSPS) is 17.7. The molecule has 0 spiro atoms. The summed E-state index contributed by atoms with van der Waals surface area (Å²) in [6.07, 6.45) is 2.06. The van der Waals surface area contributed by atoms with E-state index in [1.165, 1.54) is 11.3 Å². The quantitative estimate of drug-likeness (QED) is 0.806. The zero-order valence-corrected chi connectivity index (χ0v) is 13.5. The van der Waals surface area contributed by atoms with Gasteiger partial charge in [-0.3, -0.25) is 0 Å². The van der Waals surface area contributed by atoms with Crippen molar-refractivity contribution < 1.29 is 9.53 Å². The fourth-order valence-corrected chi connectivity index (χ4v) is 3.29. The lowest BCUT2D eigenvalue weighted by molar-refractivity contribution is 0.0487. The Morgan fingerprint density at radius 2 is 2.27 bits per heavy atom. The maximum absolute atomic E-state index is 12.1. The largest absolute Gasteiger partial charge is 0.459 e. The van der Waals surface area contributed by atoms with Crippen LogP contribution < -0.4 is 4.90 Å². The van der Waals surface area contributed by atoms with Crippen LogP contribution in [0.5, 0.6) is 0 Å². The number of rotatable bonds is 4. The van der Waals surface area contributed by atoms with Crippen molar-refractivity contribution in [2.45, 2.75) is 32.7 Å². The van der Waals surface area contributed by atoms with Gasteiger partial charge in [-0.15, -0.1) is 16.4 Å². The van der Waals surface area contributed by atoms with Gasteiger partial charge in [-0.2, -0.15) is 5.10 Å². The van der Waals surface area contributed by atoms with Crippen molar-refractivity contribution in [3.05, 3.63) is 33.9 Å². The lowest BCUT2D eigenvalue weighted by Crippen LogP contribution is -2.34. The van der Waals surface area contributed by atoms with Crippen molar-refractivity contribution in [3.63, 3.8) is 0 Å². The molecule has 0 unspecified atom stereocenters. The van der Waals surface area contributed by atoms with E-state index in [2.05, 4.69) is 20.1 Å². The Hall–Kier alpha value is -2.02. The minimum atomic E-state index is -0.290. The number of carbonyl (C=O) groups is 1. The summed E-state index contributed by atoms with van der Waals surface area (Å²) in [4.78, 5) is 18.9. The van der Waals surface area contributed by atoms with Gasteiger partial charge in [0.1, 0.15) is 11.5 Å². The number of thiazole rings is 1. The van der Waals surface area contributed by atoms with Crippen molar-refractivity contribution in [2.24, 2.45) is 0 Å². The summed E-state index contributed by atoms with van der Waals surface area (Å²) in [5, 5.41) is 8.33. The zero-order chi connectivity index (χ0) is 15.5. The zero-order valence-electron chi connectivity index (χ0n) is 12.7. The fraction of sp³-hybridized carbons (Fsp3) is 0.467. The molecule has 2 aromatic heterocycles. The van der Waals surface area contributed by atoms with E-state index in [1.807, 2.05) is 26.0 Å². The standard InChI is InChI=1S/C15H18N4O2S/c1-10-5-6-13(18-17-10)19-7-3-4-12(19)8-21-15(20)14-11(2)16-9-22-14/h5-6,9,12H,3-4,7-8H2,1-2H3/t12-/m0/s1. The van der Waals surface area contributed by atoms with Gasteiger partial charge in [-0.1, -0.05) is 0 Å². The fourth-order valence-electron chi connectivity index (χ4n) is 2.59. The number of nitrogens with zero attached hydrogens (tertiary/aromatic N) is 4. The third-order valence-corrected chi connectivity index (χ3v) is 4.70. The van der Waals surface area contributed by atoms with E-state index in [4.69, 9.17) is 4.74 Å². The van der Waals surface area contributed by atoms with Gasteiger partial charge < -0.3 is 9.64 Å². The van der Waals surface area contributed by atoms with Crippen LogP contribution in [0.1, 0.15) is 33.9 Å². The molecule has 1 saturated heterocycles. The predicted molar refractivity (Wildman–Crippen MR) is 84.3 cm³/mol. The molecule has 1 fully saturated rings. The molecular formula is C15H18N4O2S. The van der Waals surface area contributed by atoms with E-state index < -0.39 is 0 Å². The molecular weight excluding hydrogens is 300 g/mol. The minimum absolute atomic E-state index is 0.161. The van der Waals surface area contributed by atoms with Gasteiger partial charge in [0.05, 0.1) is 22.9 Å². The third-order valence-electron chi connectivity index (χ3n) is 3.79. The van der Waals surface area contributed by atoms with E-state index in [1.54, 1.807) is 5.51 Å². The lowest BCUT2D eigenvalue weighted by Gasteiger charge is -2.24. The summed E-state index contributed by atoms with van der Waals surface area (Å²) < 4.78 is 5.47. The van der Waals surface area contributed by atoms with Gasteiger partial charge in [0, 0.05) is 6.54 Å². The molecule has 0 aromatic carbocycles. The molecule has 6 nitrogen and oxygen atoms in total. The highest BCUT2D eigenvalue weighted by Gasteiger charge is 2.27. The van der Waals surface area contributed by atoms with Crippen molar-refractivity contribution >= 4 is 23.1 Å². The molecule has 7 heteroatoms. The van der Waals surface area contributed by atoms with Crippen LogP contribution in [0, 0.1) is 13.8 Å². The van der Waals surface area contributed by atoms with Crippen molar-refractivity contribution in [3.8, 4) is 0 Å². The maximum Gasteiger partial charge on any atom is 0.350 e. The molecule has 0 radical (unpaired) electrons. The first-order chi connectivity index (χ1) is 10.6. The van der Waals surface area contributed by atoms with Gasteiger partial charge in [-0.25, -0.2) is 9.78 Å². The molecule has 22 heavy (non-hydrogen) atoms. The van der Waals surface area contributed by atoms with Crippen LogP contribution in [0.15, 0.2) is 17.6 Å². The second kappa shape index (κ2) is 6.39. The number of carbonyl (C=O) groups excluding carboxylic acids is 1. The molecule has 1 atom stereocenters. The first-order valence-electron chi connectivity index (χ1n) is 7.29. The Morgan fingerprint density at radius 1 is 1.41 bits per heavy atom. The highest BCUT2D eigenvalue weighted by molar-refractivity contribution is 7.11. The first-order valence-corrected chi connectivity index (χ1v) is 8.17. The number of ether oxygens (including phenoxy) is 1. The minimum Gasteiger partial charge on any atom is -0.459 e. The molecule has 0 aliphatic carbocycles. The van der Waals surface area contributed by atoms with Gasteiger partial charge in [0.25, 0.3) is 0 Å². The Balaban J connectivity index is 1.63. The summed E-state index contributed by atoms with van der Waals surface area (Å²) in [5.41, 5.74) is 3.28. The Kier molecular flexibility index (Phi) is 4.33. The van der Waals surface area contributed by atoms with Crippen LogP contribution in [0.4, 0.5) is 5.82 Å². The van der Waals surface area contributed by atoms with Gasteiger partial charge in [0.2, 0.25) is 0 Å². The van der Waals surface area contributed by atoms with E-state index in [0.29, 0.717) is 11.5 Å². The molecule has 0 amide bonds. The molecule has 1 aliphatic rings. The molecule has 0 saturated carbocycles. The lowest BCUT2D eigenvalue weighted by atomic mass is 10.2. The average Bonchev–Trinajstić information content (AvgIpc) is 3.14. The number of hydrogen-bond donors (Lipinski definition) is 0. The van der Waals surface area contributed by atoms with Crippen molar-refractivity contribution in [1.29, 1.82) is 0 Å². The van der Waals surface area contributed by atoms with Crippen LogP contribution in [-0.2, 0) is 4.74 Å². The van der Waals surface area contributed by atoms with Crippen LogP contribution in [0.3, 0.4) is 0 Å². The van der Waals surface area contributed by atoms with E-state index in [-0.39, 0.29) is 12.0 Å². The van der Waals surface area contributed by atoms with Crippen LogP contribution in [0.2, 0.25) is 0 Å². The van der Waals surface area contributed by atoms with Gasteiger partial charge in [0.15, 0.2) is 5.82 Å². The first kappa shape index (κ1) is 14.9. The summed E-state index contributed by atoms with van der Waals surface area (Å²) >= 11 is 1.32. The molecule has 3 rings (SSSR count). The van der Waals surface area contributed by atoms with E-state index in [0.717, 1.165) is 36.6 Å². The van der Waals surface area contributed by atoms with Crippen LogP contribution in [0.25, 0.3) is 0 Å². The molecule has 0 bridgehead atoms. The summed E-state index contributed by atoms with van der Waals surface area (Å²) in [7, 11) is 0. The van der Waals surface area contributed by atoms with E-state index >= 15 is 0 Å². The second-order valence-corrected chi connectivity index (χ2v) is 6.24. The van der Waals surface area contributed by atoms with Crippen molar-refractivity contribution in [2.75, 3.05) is 18.1 Å². The van der Waals surface area contributed by atoms with Crippen molar-refractivity contribution in [1.82, 2.24) is 15.2 Å². The van der Waals surface area contributed by atoms with Crippen LogP contribution in [-0.4, -0.2) is 40.3 Å². The van der Waals surface area contributed by atoms with Crippen LogP contribution >= 0.6 is 11.3 Å². The average molecular weight is 318 g/mol. The summed E-state index contributed by atoms with van der Waals surface area (Å²) in [5.74, 6) is 0.556. The topological polar surface area (TPSA) is 68.2 Å². The molecule has 1 aliphatic heterocycles. The number of hydrogen-bond acceptors (Lipinski definition) is 7. The Morgan fingerprint density at radius 3 is 2.95 bits per heavy atom. The monoisotopic (exact) mass is 318 g/mol. The number of anilines is 1. The predicted octanol–water partition coefficient (Wildman–Crippen LogP) is 2.38. The Bertz CT molecular complexity index is 656. The third kappa shape index (κ3) is 3.09. The second-order valence-electron chi connectivity index (χ2n) is 5.39. The number of aromatic nitrogens is 3. The van der Waals surface area contributed by atoms with Gasteiger partial charge >= 0.3 is 5.97 Å². The SMILES string of the molecule is Cc1ccc(N2CCC[C@H]2COC(=O)c2scnc2C)nn1. The molecule has 3 heterocycles. The maximum atomic E-state index is 12.1. The highest BCUT2D eigenvalue weighted by Crippen LogP contribution is 2.24. The number of esters is 1. The summed E-state index contributed by atoms with van der Waals surface area (Å²) in [6, 6.07) is 4.08. The molecule has 2 aromatic rings.